The SMILES string of the molecule is COCCOc1nn(-c2ccc3cnc(CNC(=O)c4cc(F)c5c(c4)S(=O)(=O)[C@@H](F)COC5)cc3n2)cc1F. The molecule has 0 saturated heterocycles. The summed E-state index contributed by atoms with van der Waals surface area (Å²) in [5.41, 5.74) is -2.18. The Labute approximate surface area is 225 Å². The first-order valence-electron chi connectivity index (χ1n) is 11.9. The van der Waals surface area contributed by atoms with Gasteiger partial charge in [0.05, 0.1) is 48.7 Å². The molecule has 3 aromatic heterocycles. The van der Waals surface area contributed by atoms with Gasteiger partial charge in [0.25, 0.3) is 11.8 Å². The van der Waals surface area contributed by atoms with Gasteiger partial charge >= 0.3 is 0 Å². The summed E-state index contributed by atoms with van der Waals surface area (Å²) in [5.74, 6) is -2.37. The molecule has 210 valence electrons. The summed E-state index contributed by atoms with van der Waals surface area (Å²) in [6.45, 7) is -0.906. The van der Waals surface area contributed by atoms with E-state index in [0.717, 1.165) is 18.3 Å². The van der Waals surface area contributed by atoms with Gasteiger partial charge in [-0.3, -0.25) is 9.78 Å². The van der Waals surface area contributed by atoms with E-state index >= 15 is 0 Å². The van der Waals surface area contributed by atoms with E-state index in [9.17, 15) is 26.4 Å². The number of nitrogens with one attached hydrogen (secondary N) is 1. The van der Waals surface area contributed by atoms with Gasteiger partial charge in [0, 0.05) is 29.8 Å². The normalized spacial score (nSPS) is 16.4. The van der Waals surface area contributed by atoms with Gasteiger partial charge in [0.1, 0.15) is 12.4 Å². The van der Waals surface area contributed by atoms with Gasteiger partial charge in [0.15, 0.2) is 5.82 Å². The average Bonchev–Trinajstić information content (AvgIpc) is 3.26. The fraction of sp³-hybridized carbons (Fsp3) is 0.280. The third kappa shape index (κ3) is 5.48. The number of nitrogens with zero attached hydrogens (tertiary/aromatic N) is 4. The van der Waals surface area contributed by atoms with Crippen LogP contribution < -0.4 is 10.1 Å². The number of methoxy groups -OCH3 is 1. The zero-order chi connectivity index (χ0) is 28.4. The summed E-state index contributed by atoms with van der Waals surface area (Å²) >= 11 is 0. The number of aromatic nitrogens is 4. The molecule has 4 heterocycles. The van der Waals surface area contributed by atoms with Gasteiger partial charge in [-0.05, 0) is 30.3 Å². The Morgan fingerprint density at radius 2 is 2.02 bits per heavy atom. The molecule has 1 amide bonds. The molecule has 40 heavy (non-hydrogen) atoms. The van der Waals surface area contributed by atoms with Crippen LogP contribution in [0.5, 0.6) is 5.88 Å². The molecule has 0 saturated carbocycles. The highest BCUT2D eigenvalue weighted by molar-refractivity contribution is 7.92. The number of sulfone groups is 1. The first-order chi connectivity index (χ1) is 19.2. The number of hydrogen-bond acceptors (Lipinski definition) is 9. The topological polar surface area (TPSA) is 135 Å². The summed E-state index contributed by atoms with van der Waals surface area (Å²) in [7, 11) is -3.05. The van der Waals surface area contributed by atoms with Crippen LogP contribution in [0.2, 0.25) is 0 Å². The first kappa shape index (κ1) is 27.5. The molecule has 0 fully saturated rings. The molecule has 1 N–H and O–H groups in total. The van der Waals surface area contributed by atoms with E-state index in [2.05, 4.69) is 20.4 Å². The molecule has 0 unspecified atom stereocenters. The maximum atomic E-state index is 14.7. The molecule has 0 radical (unpaired) electrons. The number of fused-ring (bicyclic) bond motifs is 2. The first-order valence-corrected chi connectivity index (χ1v) is 13.4. The van der Waals surface area contributed by atoms with Crippen molar-refractivity contribution in [2.24, 2.45) is 0 Å². The van der Waals surface area contributed by atoms with Crippen molar-refractivity contribution in [3.05, 3.63) is 71.2 Å². The fourth-order valence-electron chi connectivity index (χ4n) is 3.94. The highest BCUT2D eigenvalue weighted by Crippen LogP contribution is 2.29. The molecule has 0 bridgehead atoms. The number of amides is 1. The Kier molecular flexibility index (Phi) is 7.69. The van der Waals surface area contributed by atoms with Crippen molar-refractivity contribution in [1.29, 1.82) is 0 Å². The lowest BCUT2D eigenvalue weighted by molar-refractivity contribution is 0.0938. The Morgan fingerprint density at radius 1 is 1.20 bits per heavy atom. The van der Waals surface area contributed by atoms with Crippen LogP contribution >= 0.6 is 0 Å². The van der Waals surface area contributed by atoms with Crippen LogP contribution in [-0.2, 0) is 32.5 Å². The highest BCUT2D eigenvalue weighted by Gasteiger charge is 2.35. The van der Waals surface area contributed by atoms with Crippen molar-refractivity contribution in [3.8, 4) is 11.7 Å². The molecule has 1 aromatic carbocycles. The Bertz CT molecular complexity index is 1700. The molecule has 11 nitrogen and oxygen atoms in total. The zero-order valence-corrected chi connectivity index (χ0v) is 21.8. The number of rotatable bonds is 8. The molecular weight excluding hydrogens is 555 g/mol. The van der Waals surface area contributed by atoms with Crippen molar-refractivity contribution in [2.45, 2.75) is 23.6 Å². The number of carbonyl (C=O) groups excluding carboxylic acids is 1. The molecule has 0 aliphatic carbocycles. The van der Waals surface area contributed by atoms with Crippen LogP contribution in [0.4, 0.5) is 13.2 Å². The molecule has 1 aliphatic rings. The molecule has 5 rings (SSSR count). The van der Waals surface area contributed by atoms with Crippen LogP contribution in [-0.4, -0.2) is 66.5 Å². The maximum Gasteiger partial charge on any atom is 0.269 e. The summed E-state index contributed by atoms with van der Waals surface area (Å²) in [4.78, 5) is 20.9. The number of halogens is 3. The second-order valence-electron chi connectivity index (χ2n) is 8.69. The summed E-state index contributed by atoms with van der Waals surface area (Å²) in [6, 6.07) is 6.71. The minimum atomic E-state index is -4.54. The molecule has 0 spiro atoms. The number of hydrogen-bond donors (Lipinski definition) is 1. The standard InChI is InChI=1S/C25H22F3N5O6S/c1-37-4-5-39-25-19(27)11-33(32-25)23-3-2-14-9-29-16(8-20(14)31-23)10-30-24(34)15-6-18(26)17-12-38-13-22(28)40(35,36)21(17)7-15/h2-3,6-9,11,22H,4-5,10,12-13H2,1H3,(H,30,34)/t22-/m1/s1. The highest BCUT2D eigenvalue weighted by atomic mass is 32.2. The van der Waals surface area contributed by atoms with Crippen molar-refractivity contribution < 1.29 is 40.6 Å². The maximum absolute atomic E-state index is 14.7. The zero-order valence-electron chi connectivity index (χ0n) is 20.9. The second-order valence-corrected chi connectivity index (χ2v) is 10.7. The average molecular weight is 578 g/mol. The van der Waals surface area contributed by atoms with Gasteiger partial charge in [-0.15, -0.1) is 5.10 Å². The van der Waals surface area contributed by atoms with Crippen molar-refractivity contribution in [3.63, 3.8) is 0 Å². The Hall–Kier alpha value is -4.08. The molecule has 1 atom stereocenters. The van der Waals surface area contributed by atoms with Gasteiger partial charge in [0.2, 0.25) is 21.2 Å². The van der Waals surface area contributed by atoms with E-state index in [1.165, 1.54) is 18.0 Å². The molecule has 1 aliphatic heterocycles. The Balaban J connectivity index is 1.34. The van der Waals surface area contributed by atoms with Gasteiger partial charge < -0.3 is 19.5 Å². The number of benzene rings is 1. The van der Waals surface area contributed by atoms with E-state index in [-0.39, 0.29) is 36.8 Å². The monoisotopic (exact) mass is 577 g/mol. The minimum absolute atomic E-state index is 0.116. The summed E-state index contributed by atoms with van der Waals surface area (Å²) in [6.07, 6.45) is 2.64. The largest absolute Gasteiger partial charge is 0.472 e. The van der Waals surface area contributed by atoms with E-state index in [1.54, 1.807) is 18.2 Å². The number of alkyl halides is 1. The van der Waals surface area contributed by atoms with E-state index in [1.807, 2.05) is 0 Å². The predicted molar refractivity (Wildman–Crippen MR) is 133 cm³/mol. The third-order valence-corrected chi connectivity index (χ3v) is 7.79. The lowest BCUT2D eigenvalue weighted by Gasteiger charge is -2.11. The van der Waals surface area contributed by atoms with Crippen LogP contribution in [0, 0.1) is 11.6 Å². The van der Waals surface area contributed by atoms with Crippen molar-refractivity contribution in [2.75, 3.05) is 26.9 Å². The lowest BCUT2D eigenvalue weighted by atomic mass is 10.1. The van der Waals surface area contributed by atoms with Gasteiger partial charge in [-0.25, -0.2) is 26.9 Å². The van der Waals surface area contributed by atoms with Crippen LogP contribution in [0.3, 0.4) is 0 Å². The number of ether oxygens (including phenoxy) is 3. The van der Waals surface area contributed by atoms with Crippen molar-refractivity contribution >= 4 is 26.6 Å². The molecule has 4 aromatic rings. The smallest absolute Gasteiger partial charge is 0.269 e. The van der Waals surface area contributed by atoms with Gasteiger partial charge in [-0.1, -0.05) is 0 Å². The second kappa shape index (κ2) is 11.2. The Morgan fingerprint density at radius 3 is 2.83 bits per heavy atom. The van der Waals surface area contributed by atoms with Crippen LogP contribution in [0.15, 0.2) is 47.6 Å². The van der Waals surface area contributed by atoms with E-state index in [4.69, 9.17) is 14.2 Å². The minimum Gasteiger partial charge on any atom is -0.472 e. The van der Waals surface area contributed by atoms with E-state index in [0.29, 0.717) is 22.4 Å². The molecule has 15 heteroatoms. The number of pyridine rings is 2. The van der Waals surface area contributed by atoms with Crippen molar-refractivity contribution in [1.82, 2.24) is 25.1 Å². The summed E-state index contributed by atoms with van der Waals surface area (Å²) in [5, 5.41) is 7.25. The molecular formula is C25H22F3N5O6S. The van der Waals surface area contributed by atoms with E-state index < -0.39 is 51.0 Å². The fourth-order valence-corrected chi connectivity index (χ4v) is 5.28. The van der Waals surface area contributed by atoms with Gasteiger partial charge in [-0.2, -0.15) is 4.39 Å². The third-order valence-electron chi connectivity index (χ3n) is 6.00. The van der Waals surface area contributed by atoms with Crippen LogP contribution in [0.25, 0.3) is 16.7 Å². The lowest BCUT2D eigenvalue weighted by Crippen LogP contribution is -2.25. The summed E-state index contributed by atoms with van der Waals surface area (Å²) < 4.78 is 84.1. The quantitative estimate of drug-likeness (QED) is 0.314. The van der Waals surface area contributed by atoms with Crippen LogP contribution in [0.1, 0.15) is 21.6 Å². The number of carbonyl (C=O) groups is 1. The predicted octanol–water partition coefficient (Wildman–Crippen LogP) is 2.65.